The largest absolute Gasteiger partial charge is 0.493 e. The van der Waals surface area contributed by atoms with Crippen molar-refractivity contribution in [2.45, 2.75) is 13.3 Å². The SMILES string of the molecule is CCCOc1cccc(Cl)c1-c1cc(Cl)nc(N)n1. The molecule has 0 bridgehead atoms. The Hall–Kier alpha value is -1.52. The number of ether oxygens (including phenoxy) is 1. The Balaban J connectivity index is 2.53. The number of halogens is 2. The van der Waals surface area contributed by atoms with E-state index in [2.05, 4.69) is 9.97 Å². The van der Waals surface area contributed by atoms with Crippen molar-refractivity contribution in [2.24, 2.45) is 0 Å². The van der Waals surface area contributed by atoms with Gasteiger partial charge in [-0.1, -0.05) is 36.2 Å². The van der Waals surface area contributed by atoms with Crippen molar-refractivity contribution in [3.8, 4) is 17.0 Å². The van der Waals surface area contributed by atoms with E-state index in [-0.39, 0.29) is 11.1 Å². The predicted octanol–water partition coefficient (Wildman–Crippen LogP) is 3.82. The van der Waals surface area contributed by atoms with Crippen LogP contribution in [0.25, 0.3) is 11.3 Å². The molecule has 100 valence electrons. The van der Waals surface area contributed by atoms with Crippen LogP contribution in [0, 0.1) is 0 Å². The number of nitrogen functional groups attached to an aromatic ring is 1. The number of aromatic nitrogens is 2. The standard InChI is InChI=1S/C13H13Cl2N3O/c1-2-6-19-10-5-3-4-8(14)12(10)9-7-11(15)18-13(16)17-9/h3-5,7H,2,6H2,1H3,(H2,16,17,18). The number of nitrogens with two attached hydrogens (primary N) is 1. The third-order valence-electron chi connectivity index (χ3n) is 2.41. The van der Waals surface area contributed by atoms with Crippen molar-refractivity contribution in [1.82, 2.24) is 9.97 Å². The van der Waals surface area contributed by atoms with E-state index in [4.69, 9.17) is 33.7 Å². The molecule has 2 N–H and O–H groups in total. The molecule has 0 unspecified atom stereocenters. The summed E-state index contributed by atoms with van der Waals surface area (Å²) >= 11 is 12.1. The molecule has 6 heteroatoms. The maximum Gasteiger partial charge on any atom is 0.221 e. The summed E-state index contributed by atoms with van der Waals surface area (Å²) in [5.41, 5.74) is 6.83. The van der Waals surface area contributed by atoms with Crippen LogP contribution in [-0.4, -0.2) is 16.6 Å². The average molecular weight is 298 g/mol. The van der Waals surface area contributed by atoms with Gasteiger partial charge in [0, 0.05) is 6.07 Å². The third kappa shape index (κ3) is 3.28. The third-order valence-corrected chi connectivity index (χ3v) is 2.91. The first-order chi connectivity index (χ1) is 9.11. The summed E-state index contributed by atoms with van der Waals surface area (Å²) in [6, 6.07) is 7.03. The molecule has 2 rings (SSSR count). The van der Waals surface area contributed by atoms with Crippen molar-refractivity contribution in [1.29, 1.82) is 0 Å². The first-order valence-electron chi connectivity index (χ1n) is 5.83. The van der Waals surface area contributed by atoms with E-state index >= 15 is 0 Å². The van der Waals surface area contributed by atoms with E-state index in [1.54, 1.807) is 12.1 Å². The van der Waals surface area contributed by atoms with Crippen LogP contribution in [0.5, 0.6) is 5.75 Å². The van der Waals surface area contributed by atoms with Gasteiger partial charge in [-0.05, 0) is 18.6 Å². The summed E-state index contributed by atoms with van der Waals surface area (Å²) in [5.74, 6) is 0.757. The highest BCUT2D eigenvalue weighted by molar-refractivity contribution is 6.34. The number of nitrogens with zero attached hydrogens (tertiary/aromatic N) is 2. The number of anilines is 1. The molecule has 0 aliphatic rings. The van der Waals surface area contributed by atoms with Crippen molar-refractivity contribution in [3.05, 3.63) is 34.4 Å². The van der Waals surface area contributed by atoms with Gasteiger partial charge in [-0.3, -0.25) is 0 Å². The highest BCUT2D eigenvalue weighted by atomic mass is 35.5. The summed E-state index contributed by atoms with van der Waals surface area (Å²) in [7, 11) is 0. The Morgan fingerprint density at radius 3 is 2.74 bits per heavy atom. The zero-order valence-electron chi connectivity index (χ0n) is 10.4. The lowest BCUT2D eigenvalue weighted by Gasteiger charge is -2.12. The summed E-state index contributed by atoms with van der Waals surface area (Å²) in [4.78, 5) is 7.98. The zero-order valence-corrected chi connectivity index (χ0v) is 11.9. The quantitative estimate of drug-likeness (QED) is 0.872. The van der Waals surface area contributed by atoms with E-state index in [0.717, 1.165) is 6.42 Å². The molecule has 0 atom stereocenters. The maximum atomic E-state index is 6.22. The molecule has 1 heterocycles. The maximum absolute atomic E-state index is 6.22. The molecule has 19 heavy (non-hydrogen) atoms. The molecule has 0 amide bonds. The topological polar surface area (TPSA) is 61.0 Å². The summed E-state index contributed by atoms with van der Waals surface area (Å²) < 4.78 is 5.67. The molecule has 0 aliphatic carbocycles. The lowest BCUT2D eigenvalue weighted by atomic mass is 10.1. The Labute approximate surface area is 121 Å². The molecule has 1 aromatic carbocycles. The minimum Gasteiger partial charge on any atom is -0.493 e. The summed E-state index contributed by atoms with van der Waals surface area (Å²) in [6.07, 6.45) is 0.901. The summed E-state index contributed by atoms with van der Waals surface area (Å²) in [5, 5.41) is 0.798. The van der Waals surface area contributed by atoms with Crippen molar-refractivity contribution < 1.29 is 4.74 Å². The Morgan fingerprint density at radius 2 is 2.05 bits per heavy atom. The Morgan fingerprint density at radius 1 is 1.26 bits per heavy atom. The predicted molar refractivity (Wildman–Crippen MR) is 77.7 cm³/mol. The Kier molecular flexibility index (Phi) is 4.45. The second kappa shape index (κ2) is 6.08. The smallest absolute Gasteiger partial charge is 0.221 e. The zero-order chi connectivity index (χ0) is 13.8. The van der Waals surface area contributed by atoms with Crippen molar-refractivity contribution in [3.63, 3.8) is 0 Å². The van der Waals surface area contributed by atoms with Gasteiger partial charge in [-0.15, -0.1) is 0 Å². The lowest BCUT2D eigenvalue weighted by molar-refractivity contribution is 0.318. The fraction of sp³-hybridized carbons (Fsp3) is 0.231. The van der Waals surface area contributed by atoms with E-state index in [1.807, 2.05) is 19.1 Å². The van der Waals surface area contributed by atoms with Gasteiger partial charge >= 0.3 is 0 Å². The van der Waals surface area contributed by atoms with Crippen LogP contribution in [0.15, 0.2) is 24.3 Å². The van der Waals surface area contributed by atoms with Gasteiger partial charge in [-0.25, -0.2) is 9.97 Å². The van der Waals surface area contributed by atoms with E-state index in [1.165, 1.54) is 0 Å². The van der Waals surface area contributed by atoms with Gasteiger partial charge in [0.1, 0.15) is 10.9 Å². The highest BCUT2D eigenvalue weighted by Gasteiger charge is 2.13. The van der Waals surface area contributed by atoms with Gasteiger partial charge in [0.05, 0.1) is 22.9 Å². The highest BCUT2D eigenvalue weighted by Crippen LogP contribution is 2.36. The van der Waals surface area contributed by atoms with E-state index < -0.39 is 0 Å². The molecule has 0 saturated heterocycles. The van der Waals surface area contributed by atoms with Crippen molar-refractivity contribution in [2.75, 3.05) is 12.3 Å². The second-order valence-corrected chi connectivity index (χ2v) is 4.69. The minimum absolute atomic E-state index is 0.101. The van der Waals surface area contributed by atoms with Crippen LogP contribution in [0.3, 0.4) is 0 Å². The molecule has 1 aromatic heterocycles. The number of benzene rings is 1. The number of rotatable bonds is 4. The molecular formula is C13H13Cl2N3O. The minimum atomic E-state index is 0.101. The average Bonchev–Trinajstić information content (AvgIpc) is 2.35. The van der Waals surface area contributed by atoms with Crippen LogP contribution < -0.4 is 10.5 Å². The molecular weight excluding hydrogens is 285 g/mol. The summed E-state index contributed by atoms with van der Waals surface area (Å²) in [6.45, 7) is 2.63. The Bertz CT molecular complexity index is 570. The monoisotopic (exact) mass is 297 g/mol. The van der Waals surface area contributed by atoms with Gasteiger partial charge in [-0.2, -0.15) is 0 Å². The van der Waals surface area contributed by atoms with Crippen LogP contribution >= 0.6 is 23.2 Å². The van der Waals surface area contributed by atoms with Crippen LogP contribution in [0.4, 0.5) is 5.95 Å². The molecule has 2 aromatic rings. The van der Waals surface area contributed by atoms with Gasteiger partial charge in [0.15, 0.2) is 0 Å². The van der Waals surface area contributed by atoms with Crippen LogP contribution in [0.1, 0.15) is 13.3 Å². The van der Waals surface area contributed by atoms with Gasteiger partial charge < -0.3 is 10.5 Å². The lowest BCUT2D eigenvalue weighted by Crippen LogP contribution is -2.00. The molecule has 0 saturated carbocycles. The molecule has 0 spiro atoms. The van der Waals surface area contributed by atoms with Crippen LogP contribution in [-0.2, 0) is 0 Å². The fourth-order valence-corrected chi connectivity index (χ4v) is 2.10. The molecule has 0 aliphatic heterocycles. The number of hydrogen-bond donors (Lipinski definition) is 1. The first-order valence-corrected chi connectivity index (χ1v) is 6.59. The second-order valence-electron chi connectivity index (χ2n) is 3.90. The van der Waals surface area contributed by atoms with Crippen LogP contribution in [0.2, 0.25) is 10.2 Å². The molecule has 0 fully saturated rings. The van der Waals surface area contributed by atoms with Gasteiger partial charge in [0.25, 0.3) is 0 Å². The number of hydrogen-bond acceptors (Lipinski definition) is 4. The molecule has 4 nitrogen and oxygen atoms in total. The van der Waals surface area contributed by atoms with E-state index in [9.17, 15) is 0 Å². The van der Waals surface area contributed by atoms with Gasteiger partial charge in [0.2, 0.25) is 5.95 Å². The first kappa shape index (κ1) is 13.9. The van der Waals surface area contributed by atoms with E-state index in [0.29, 0.717) is 28.6 Å². The fourth-order valence-electron chi connectivity index (χ4n) is 1.65. The normalized spacial score (nSPS) is 10.5. The van der Waals surface area contributed by atoms with Crippen molar-refractivity contribution >= 4 is 29.2 Å². The molecule has 0 radical (unpaired) electrons.